The predicted molar refractivity (Wildman–Crippen MR) is 171 cm³/mol. The van der Waals surface area contributed by atoms with Crippen molar-refractivity contribution < 1.29 is 14.0 Å². The van der Waals surface area contributed by atoms with Crippen LogP contribution in [-0.2, 0) is 14.0 Å². The lowest BCUT2D eigenvalue weighted by molar-refractivity contribution is -0.132. The van der Waals surface area contributed by atoms with Crippen LogP contribution < -0.4 is 0 Å². The molecule has 1 aliphatic heterocycles. The van der Waals surface area contributed by atoms with Gasteiger partial charge in [0.1, 0.15) is 4.32 Å². The minimum atomic E-state index is -1.97. The number of amides is 1. The molecule has 214 valence electrons. The molecule has 1 aromatic rings. The van der Waals surface area contributed by atoms with Gasteiger partial charge in [-0.05, 0) is 74.9 Å². The van der Waals surface area contributed by atoms with Crippen LogP contribution in [0, 0.1) is 32.6 Å². The van der Waals surface area contributed by atoms with Crippen LogP contribution in [0.1, 0.15) is 82.7 Å². The Morgan fingerprint density at radius 2 is 1.74 bits per heavy atom. The van der Waals surface area contributed by atoms with Crippen LogP contribution in [0.5, 0.6) is 0 Å². The van der Waals surface area contributed by atoms with Crippen molar-refractivity contribution in [3.8, 4) is 0 Å². The molecule has 0 aliphatic carbocycles. The highest BCUT2D eigenvalue weighted by molar-refractivity contribution is 8.23. The maximum atomic E-state index is 14.2. The molecule has 0 N–H and O–H groups in total. The first-order chi connectivity index (χ1) is 18.0. The summed E-state index contributed by atoms with van der Waals surface area (Å²) in [6, 6.07) is 7.53. The Kier molecular flexibility index (Phi) is 13.2. The van der Waals surface area contributed by atoms with Crippen molar-refractivity contribution >= 4 is 42.5 Å². The first-order valence-corrected chi connectivity index (χ1v) is 18.3. The fourth-order valence-electron chi connectivity index (χ4n) is 6.21. The van der Waals surface area contributed by atoms with Gasteiger partial charge in [-0.1, -0.05) is 88.4 Å². The number of rotatable bonds is 14. The van der Waals surface area contributed by atoms with Gasteiger partial charge in [0.25, 0.3) is 0 Å². The van der Waals surface area contributed by atoms with Crippen LogP contribution in [0.2, 0.25) is 18.1 Å². The first kappa shape index (κ1) is 33.2. The molecule has 1 aliphatic rings. The largest absolute Gasteiger partial charge is 0.413 e. The zero-order valence-corrected chi connectivity index (χ0v) is 28.1. The van der Waals surface area contributed by atoms with Crippen LogP contribution in [0.25, 0.3) is 0 Å². The molecular weight excluding hydrogens is 527 g/mol. The molecule has 38 heavy (non-hydrogen) atoms. The van der Waals surface area contributed by atoms with E-state index in [1.54, 1.807) is 18.9 Å². The maximum absolute atomic E-state index is 14.2. The molecule has 7 heteroatoms. The van der Waals surface area contributed by atoms with Gasteiger partial charge in [0, 0.05) is 18.8 Å². The van der Waals surface area contributed by atoms with E-state index in [2.05, 4.69) is 86.6 Å². The van der Waals surface area contributed by atoms with E-state index < -0.39 is 8.32 Å². The number of allylic oxidation sites excluding steroid dienone is 2. The highest BCUT2D eigenvalue weighted by atomic mass is 32.2. The predicted octanol–water partition coefficient (Wildman–Crippen LogP) is 8.55. The molecule has 0 radical (unpaired) electrons. The molecule has 1 saturated heterocycles. The second-order valence-electron chi connectivity index (χ2n) is 11.1. The Bertz CT molecular complexity index is 947. The van der Waals surface area contributed by atoms with E-state index in [4.69, 9.17) is 21.4 Å². The molecule has 5 atom stereocenters. The lowest BCUT2D eigenvalue weighted by atomic mass is 9.86. The molecule has 1 heterocycles. The Labute approximate surface area is 243 Å². The summed E-state index contributed by atoms with van der Waals surface area (Å²) in [7, 11) is -0.176. The summed E-state index contributed by atoms with van der Waals surface area (Å²) < 4.78 is 13.9. The van der Waals surface area contributed by atoms with Crippen LogP contribution in [-0.4, -0.2) is 48.5 Å². The third kappa shape index (κ3) is 7.81. The number of nitrogens with zero attached hydrogens (tertiary/aromatic N) is 1. The number of hydrogen-bond donors (Lipinski definition) is 0. The summed E-state index contributed by atoms with van der Waals surface area (Å²) in [4.78, 5) is 16.1. The third-order valence-electron chi connectivity index (χ3n) is 8.60. The molecule has 0 saturated carbocycles. The Morgan fingerprint density at radius 3 is 2.24 bits per heavy atom. The molecule has 4 nitrogen and oxygen atoms in total. The Hall–Kier alpha value is -0.993. The highest BCUT2D eigenvalue weighted by Gasteiger charge is 2.42. The van der Waals surface area contributed by atoms with Crippen LogP contribution >= 0.6 is 24.0 Å². The number of hydrogen-bond acceptors (Lipinski definition) is 5. The number of aryl methyl sites for hydroxylation is 3. The fourth-order valence-corrected chi connectivity index (χ4v) is 10.6. The zero-order valence-electron chi connectivity index (χ0n) is 25.4. The van der Waals surface area contributed by atoms with Gasteiger partial charge in [-0.15, -0.1) is 0 Å². The van der Waals surface area contributed by atoms with Gasteiger partial charge in [-0.2, -0.15) is 0 Å². The van der Waals surface area contributed by atoms with Crippen LogP contribution in [0.3, 0.4) is 0 Å². The van der Waals surface area contributed by atoms with E-state index in [-0.39, 0.29) is 30.1 Å². The van der Waals surface area contributed by atoms with Gasteiger partial charge in [0.15, 0.2) is 8.32 Å². The number of thioether (sulfide) groups is 1. The quantitative estimate of drug-likeness (QED) is 0.126. The second kappa shape index (κ2) is 15.1. The average molecular weight is 578 g/mol. The fraction of sp³-hybridized carbons (Fsp3) is 0.677. The number of thiocarbonyl (C=S) groups is 1. The third-order valence-corrected chi connectivity index (χ3v) is 14.7. The Balaban J connectivity index is 2.43. The van der Waals surface area contributed by atoms with E-state index in [0.29, 0.717) is 16.7 Å². The van der Waals surface area contributed by atoms with Crippen molar-refractivity contribution in [2.45, 2.75) is 112 Å². The normalized spacial score (nSPS) is 19.7. The average Bonchev–Trinajstić information content (AvgIpc) is 3.25. The van der Waals surface area contributed by atoms with E-state index >= 15 is 0 Å². The molecule has 0 bridgehead atoms. The van der Waals surface area contributed by atoms with Crippen LogP contribution in [0.15, 0.2) is 24.3 Å². The topological polar surface area (TPSA) is 38.8 Å². The SMILES string of the molecule is C/C=C/C[C@H](C)[C@@H](OC)[C@@H](C)[C@@H](CC(=O)N1C(=S)SC[C@@H]1c1c(C)cc(C)cc1C)O[Si](CC)(CC)CC. The van der Waals surface area contributed by atoms with Gasteiger partial charge in [0.05, 0.1) is 24.7 Å². The smallest absolute Gasteiger partial charge is 0.231 e. The maximum Gasteiger partial charge on any atom is 0.231 e. The minimum Gasteiger partial charge on any atom is -0.413 e. The first-order valence-electron chi connectivity index (χ1n) is 14.4. The van der Waals surface area contributed by atoms with Gasteiger partial charge in [0.2, 0.25) is 5.91 Å². The molecule has 0 spiro atoms. The van der Waals surface area contributed by atoms with Crippen molar-refractivity contribution in [2.24, 2.45) is 11.8 Å². The summed E-state index contributed by atoms with van der Waals surface area (Å²) in [5.41, 5.74) is 4.93. The lowest BCUT2D eigenvalue weighted by Gasteiger charge is -2.40. The van der Waals surface area contributed by atoms with E-state index in [1.807, 2.05) is 4.90 Å². The summed E-state index contributed by atoms with van der Waals surface area (Å²) >= 11 is 7.39. The number of carbonyl (C=O) groups is 1. The molecule has 2 rings (SSSR count). The molecular formula is C31H51NO3S2Si. The summed E-state index contributed by atoms with van der Waals surface area (Å²) in [5, 5.41) is 0. The number of benzene rings is 1. The molecule has 1 fully saturated rings. The molecule has 0 aromatic heterocycles. The lowest BCUT2D eigenvalue weighted by Crippen LogP contribution is -2.48. The van der Waals surface area contributed by atoms with E-state index in [0.717, 1.165) is 30.3 Å². The van der Waals surface area contributed by atoms with Gasteiger partial charge in [-0.25, -0.2) is 0 Å². The molecule has 1 amide bonds. The van der Waals surface area contributed by atoms with Crippen molar-refractivity contribution in [3.63, 3.8) is 0 Å². The second-order valence-corrected chi connectivity index (χ2v) is 17.5. The van der Waals surface area contributed by atoms with E-state index in [1.165, 1.54) is 22.3 Å². The molecule has 0 unspecified atom stereocenters. The van der Waals surface area contributed by atoms with E-state index in [9.17, 15) is 4.79 Å². The summed E-state index contributed by atoms with van der Waals surface area (Å²) in [6.45, 7) is 19.7. The Morgan fingerprint density at radius 1 is 1.16 bits per heavy atom. The van der Waals surface area contributed by atoms with Crippen molar-refractivity contribution in [3.05, 3.63) is 46.5 Å². The van der Waals surface area contributed by atoms with Crippen LogP contribution in [0.4, 0.5) is 0 Å². The summed E-state index contributed by atoms with van der Waals surface area (Å²) in [6.07, 6.45) is 5.35. The minimum absolute atomic E-state index is 0.00134. The van der Waals surface area contributed by atoms with Crippen molar-refractivity contribution in [1.29, 1.82) is 0 Å². The van der Waals surface area contributed by atoms with Crippen molar-refractivity contribution in [2.75, 3.05) is 12.9 Å². The monoisotopic (exact) mass is 577 g/mol. The van der Waals surface area contributed by atoms with Gasteiger partial charge < -0.3 is 9.16 Å². The van der Waals surface area contributed by atoms with Gasteiger partial charge in [-0.3, -0.25) is 9.69 Å². The standard InChI is InChI=1S/C31H51NO3S2Si/c1-11-15-16-22(6)30(34-10)25(9)27(35-38(12-2,13-3)14-4)19-28(33)32-26(20-37-31(32)36)29-23(7)17-21(5)18-24(29)8/h11,15,17-18,22,25-27,30H,12-14,16,19-20H2,1-10H3/b15-11+/t22-,25-,26+,27+,30+/m0/s1. The number of carbonyl (C=O) groups excluding carboxylic acids is 1. The number of methoxy groups -OCH3 is 1. The highest BCUT2D eigenvalue weighted by Crippen LogP contribution is 2.40. The summed E-state index contributed by atoms with van der Waals surface area (Å²) in [5.74, 6) is 1.27. The number of ether oxygens (including phenoxy) is 1. The zero-order chi connectivity index (χ0) is 28.6. The van der Waals surface area contributed by atoms with Gasteiger partial charge >= 0.3 is 0 Å². The molecule has 1 aromatic carbocycles. The van der Waals surface area contributed by atoms with Crippen molar-refractivity contribution in [1.82, 2.24) is 4.90 Å².